The Bertz CT molecular complexity index is 342. The van der Waals surface area contributed by atoms with Gasteiger partial charge in [0, 0.05) is 23.0 Å². The van der Waals surface area contributed by atoms with Gasteiger partial charge in [0.05, 0.1) is 0 Å². The van der Waals surface area contributed by atoms with Crippen LogP contribution in [0, 0.1) is 0 Å². The number of nitrogens with zero attached hydrogens (tertiary/aromatic N) is 1. The zero-order valence-electron chi connectivity index (χ0n) is 6.20. The Morgan fingerprint density at radius 2 is 1.83 bits per heavy atom. The van der Waals surface area contributed by atoms with Crippen molar-refractivity contribution in [2.45, 2.75) is 0 Å². The summed E-state index contributed by atoms with van der Waals surface area (Å²) < 4.78 is 0. The average Bonchev–Trinajstić information content (AvgIpc) is 2.06. The summed E-state index contributed by atoms with van der Waals surface area (Å²) in [4.78, 5) is 12.5. The third kappa shape index (κ3) is 1.10. The number of hydrogen-bond donors (Lipinski definition) is 0. The van der Waals surface area contributed by atoms with Crippen molar-refractivity contribution >= 4 is 23.2 Å². The van der Waals surface area contributed by atoms with Gasteiger partial charge in [0.1, 0.15) is 0 Å². The Kier molecular flexibility index (Phi) is 1.62. The third-order valence-electron chi connectivity index (χ3n) is 1.71. The summed E-state index contributed by atoms with van der Waals surface area (Å²) in [5, 5.41) is 0.677. The van der Waals surface area contributed by atoms with Crippen molar-refractivity contribution in [1.29, 1.82) is 0 Å². The van der Waals surface area contributed by atoms with Gasteiger partial charge < -0.3 is 0 Å². The van der Waals surface area contributed by atoms with Gasteiger partial charge in [-0.25, -0.2) is 0 Å². The van der Waals surface area contributed by atoms with Crippen LogP contribution < -0.4 is 4.90 Å². The lowest BCUT2D eigenvalue weighted by atomic mass is 10.2. The van der Waals surface area contributed by atoms with E-state index in [1.165, 1.54) is 6.08 Å². The quantitative estimate of drug-likeness (QED) is 0.647. The molecule has 0 N–H and O–H groups in total. The minimum atomic E-state index is 0.0114. The SMILES string of the molecule is O=C1C=CN1c1ccc(Cl)cc1. The minimum absolute atomic E-state index is 0.0114. The molecule has 0 atom stereocenters. The van der Waals surface area contributed by atoms with Crippen LogP contribution in [0.4, 0.5) is 5.69 Å². The lowest BCUT2D eigenvalue weighted by molar-refractivity contribution is -0.114. The van der Waals surface area contributed by atoms with Gasteiger partial charge in [-0.05, 0) is 24.3 Å². The van der Waals surface area contributed by atoms with Gasteiger partial charge >= 0.3 is 0 Å². The molecule has 0 aromatic heterocycles. The van der Waals surface area contributed by atoms with Crippen LogP contribution in [0.5, 0.6) is 0 Å². The number of amides is 1. The van der Waals surface area contributed by atoms with Crippen molar-refractivity contribution in [2.75, 3.05) is 4.90 Å². The van der Waals surface area contributed by atoms with Crippen molar-refractivity contribution in [2.24, 2.45) is 0 Å². The normalized spacial score (nSPS) is 14.8. The zero-order chi connectivity index (χ0) is 8.55. The van der Waals surface area contributed by atoms with Crippen LogP contribution in [0.3, 0.4) is 0 Å². The van der Waals surface area contributed by atoms with Crippen LogP contribution in [0.15, 0.2) is 36.5 Å². The summed E-state index contributed by atoms with van der Waals surface area (Å²) in [5.41, 5.74) is 0.854. The molecule has 0 unspecified atom stereocenters. The molecule has 0 saturated carbocycles. The number of carbonyl (C=O) groups excluding carboxylic acids is 1. The van der Waals surface area contributed by atoms with E-state index in [9.17, 15) is 4.79 Å². The highest BCUT2D eigenvalue weighted by atomic mass is 35.5. The summed E-state index contributed by atoms with van der Waals surface area (Å²) in [6.07, 6.45) is 3.25. The molecule has 0 radical (unpaired) electrons. The molecule has 2 rings (SSSR count). The second kappa shape index (κ2) is 2.64. The molecule has 60 valence electrons. The summed E-state index contributed by atoms with van der Waals surface area (Å²) >= 11 is 5.69. The second-order valence-electron chi connectivity index (χ2n) is 2.50. The zero-order valence-corrected chi connectivity index (χ0v) is 6.95. The molecule has 1 aliphatic rings. The molecule has 0 aliphatic carbocycles. The first kappa shape index (κ1) is 7.37. The molecule has 1 heterocycles. The van der Waals surface area contributed by atoms with E-state index in [-0.39, 0.29) is 5.91 Å². The fraction of sp³-hybridized carbons (Fsp3) is 0. The summed E-state index contributed by atoms with van der Waals surface area (Å²) in [6.45, 7) is 0. The number of benzene rings is 1. The van der Waals surface area contributed by atoms with Crippen LogP contribution in [0.25, 0.3) is 0 Å². The van der Waals surface area contributed by atoms with Gasteiger partial charge in [-0.15, -0.1) is 0 Å². The van der Waals surface area contributed by atoms with E-state index in [2.05, 4.69) is 0 Å². The lowest BCUT2D eigenvalue weighted by Gasteiger charge is -2.22. The second-order valence-corrected chi connectivity index (χ2v) is 2.94. The molecular formula is C9H6ClNO. The predicted molar refractivity (Wildman–Crippen MR) is 48.1 cm³/mol. The number of hydrogen-bond acceptors (Lipinski definition) is 1. The van der Waals surface area contributed by atoms with E-state index >= 15 is 0 Å². The van der Waals surface area contributed by atoms with Crippen LogP contribution in [-0.4, -0.2) is 5.91 Å². The first-order valence-electron chi connectivity index (χ1n) is 3.54. The fourth-order valence-corrected chi connectivity index (χ4v) is 1.15. The van der Waals surface area contributed by atoms with Crippen molar-refractivity contribution < 1.29 is 4.79 Å². The molecule has 1 aliphatic heterocycles. The van der Waals surface area contributed by atoms with E-state index in [1.54, 1.807) is 23.2 Å². The Morgan fingerprint density at radius 3 is 2.25 bits per heavy atom. The van der Waals surface area contributed by atoms with Crippen molar-refractivity contribution in [3.8, 4) is 0 Å². The van der Waals surface area contributed by atoms with Crippen molar-refractivity contribution in [3.63, 3.8) is 0 Å². The number of anilines is 1. The monoisotopic (exact) mass is 179 g/mol. The molecule has 1 aromatic carbocycles. The molecule has 0 bridgehead atoms. The van der Waals surface area contributed by atoms with E-state index in [1.807, 2.05) is 12.1 Å². The first-order valence-corrected chi connectivity index (χ1v) is 3.92. The smallest absolute Gasteiger partial charge is 0.256 e. The van der Waals surface area contributed by atoms with Crippen molar-refractivity contribution in [1.82, 2.24) is 0 Å². The highest BCUT2D eigenvalue weighted by Crippen LogP contribution is 2.21. The maximum Gasteiger partial charge on any atom is 0.256 e. The minimum Gasteiger partial charge on any atom is -0.284 e. The molecule has 2 nitrogen and oxygen atoms in total. The standard InChI is InChI=1S/C9H6ClNO/c10-7-1-3-8(4-2-7)11-6-5-9(11)12/h1-6H. The van der Waals surface area contributed by atoms with E-state index in [0.717, 1.165) is 5.69 Å². The Labute approximate surface area is 75.1 Å². The third-order valence-corrected chi connectivity index (χ3v) is 1.96. The predicted octanol–water partition coefficient (Wildman–Crippen LogP) is 2.20. The molecule has 1 amide bonds. The van der Waals surface area contributed by atoms with Crippen molar-refractivity contribution in [3.05, 3.63) is 41.6 Å². The number of carbonyl (C=O) groups is 1. The van der Waals surface area contributed by atoms with Crippen LogP contribution in [0.2, 0.25) is 5.02 Å². The molecule has 0 spiro atoms. The molecule has 12 heavy (non-hydrogen) atoms. The van der Waals surface area contributed by atoms with Gasteiger partial charge in [-0.1, -0.05) is 11.6 Å². The van der Waals surface area contributed by atoms with Gasteiger partial charge in [0.2, 0.25) is 0 Å². The molecular weight excluding hydrogens is 174 g/mol. The molecule has 1 aromatic rings. The molecule has 0 saturated heterocycles. The number of halogens is 1. The summed E-state index contributed by atoms with van der Waals surface area (Å²) in [6, 6.07) is 7.14. The van der Waals surface area contributed by atoms with Crippen LogP contribution >= 0.6 is 11.6 Å². The summed E-state index contributed by atoms with van der Waals surface area (Å²) in [7, 11) is 0. The highest BCUT2D eigenvalue weighted by Gasteiger charge is 2.17. The largest absolute Gasteiger partial charge is 0.284 e. The fourth-order valence-electron chi connectivity index (χ4n) is 1.02. The van der Waals surface area contributed by atoms with Gasteiger partial charge in [0.15, 0.2) is 0 Å². The average molecular weight is 180 g/mol. The molecule has 0 fully saturated rings. The van der Waals surface area contributed by atoms with Gasteiger partial charge in [-0.3, -0.25) is 9.69 Å². The van der Waals surface area contributed by atoms with Gasteiger partial charge in [0.25, 0.3) is 5.91 Å². The topological polar surface area (TPSA) is 20.3 Å². The Morgan fingerprint density at radius 1 is 1.17 bits per heavy atom. The summed E-state index contributed by atoms with van der Waals surface area (Å²) in [5.74, 6) is 0.0114. The Hall–Kier alpha value is -1.28. The lowest BCUT2D eigenvalue weighted by Crippen LogP contribution is -2.30. The molecule has 3 heteroatoms. The Balaban J connectivity index is 2.30. The number of rotatable bonds is 1. The maximum absolute atomic E-state index is 10.9. The van der Waals surface area contributed by atoms with Crippen LogP contribution in [-0.2, 0) is 4.79 Å². The van der Waals surface area contributed by atoms with Crippen LogP contribution in [0.1, 0.15) is 0 Å². The first-order chi connectivity index (χ1) is 5.77. The maximum atomic E-state index is 10.9. The van der Waals surface area contributed by atoms with Gasteiger partial charge in [-0.2, -0.15) is 0 Å². The highest BCUT2D eigenvalue weighted by molar-refractivity contribution is 6.30. The van der Waals surface area contributed by atoms with E-state index < -0.39 is 0 Å². The van der Waals surface area contributed by atoms with E-state index in [4.69, 9.17) is 11.6 Å². The van der Waals surface area contributed by atoms with E-state index in [0.29, 0.717) is 5.02 Å².